The Morgan fingerprint density at radius 1 is 0.339 bits per heavy atom. The SMILES string of the molecule is CC/C=C\C/C=C\C/C=C\C/C=C\C/C=C\CC(=O)OC(COC(=O)CCCCCCCC)COC(=O)CCCCCCCCCCCCCCCCCCCCCCCCC. The zero-order valence-corrected chi connectivity index (χ0v) is 40.9. The molecule has 6 heteroatoms. The third-order valence-corrected chi connectivity index (χ3v) is 11.3. The van der Waals surface area contributed by atoms with Crippen LogP contribution >= 0.6 is 0 Å². The van der Waals surface area contributed by atoms with Gasteiger partial charge in [-0.2, -0.15) is 0 Å². The molecule has 0 saturated carbocycles. The van der Waals surface area contributed by atoms with Crippen molar-refractivity contribution in [2.24, 2.45) is 0 Å². The largest absolute Gasteiger partial charge is 0.462 e. The summed E-state index contributed by atoms with van der Waals surface area (Å²) in [6.45, 7) is 6.39. The molecule has 0 aromatic carbocycles. The van der Waals surface area contributed by atoms with E-state index < -0.39 is 12.1 Å². The Morgan fingerprint density at radius 2 is 0.613 bits per heavy atom. The third kappa shape index (κ3) is 48.1. The van der Waals surface area contributed by atoms with Crippen molar-refractivity contribution < 1.29 is 28.6 Å². The summed E-state index contributed by atoms with van der Waals surface area (Å²) in [5, 5.41) is 0. The minimum absolute atomic E-state index is 0.100. The Labute approximate surface area is 383 Å². The molecule has 6 nitrogen and oxygen atoms in total. The van der Waals surface area contributed by atoms with Gasteiger partial charge in [0.05, 0.1) is 6.42 Å². The Kier molecular flexibility index (Phi) is 48.4. The van der Waals surface area contributed by atoms with Crippen LogP contribution in [0.2, 0.25) is 0 Å². The summed E-state index contributed by atoms with van der Waals surface area (Å²) in [7, 11) is 0. The summed E-state index contributed by atoms with van der Waals surface area (Å²) in [6.07, 6.45) is 62.8. The van der Waals surface area contributed by atoms with Crippen LogP contribution in [0.3, 0.4) is 0 Å². The predicted octanol–water partition coefficient (Wildman–Crippen LogP) is 17.3. The molecule has 0 rings (SSSR count). The minimum atomic E-state index is -0.822. The summed E-state index contributed by atoms with van der Waals surface area (Å²) in [4.78, 5) is 37.6. The van der Waals surface area contributed by atoms with Gasteiger partial charge >= 0.3 is 17.9 Å². The summed E-state index contributed by atoms with van der Waals surface area (Å²) in [5.41, 5.74) is 0. The quantitative estimate of drug-likeness (QED) is 0.0262. The van der Waals surface area contributed by atoms with Crippen LogP contribution in [0.5, 0.6) is 0 Å². The van der Waals surface area contributed by atoms with Crippen LogP contribution in [-0.4, -0.2) is 37.2 Å². The highest BCUT2D eigenvalue weighted by Crippen LogP contribution is 2.16. The second kappa shape index (κ2) is 50.8. The lowest BCUT2D eigenvalue weighted by molar-refractivity contribution is -0.166. The maximum absolute atomic E-state index is 12.7. The fourth-order valence-electron chi connectivity index (χ4n) is 7.40. The molecule has 0 aromatic heterocycles. The molecule has 0 aromatic rings. The lowest BCUT2D eigenvalue weighted by Crippen LogP contribution is -2.30. The van der Waals surface area contributed by atoms with Gasteiger partial charge in [0.25, 0.3) is 0 Å². The van der Waals surface area contributed by atoms with E-state index in [2.05, 4.69) is 69.4 Å². The third-order valence-electron chi connectivity index (χ3n) is 11.3. The highest BCUT2D eigenvalue weighted by atomic mass is 16.6. The number of allylic oxidation sites excluding steroid dienone is 9. The van der Waals surface area contributed by atoms with Crippen LogP contribution in [0, 0.1) is 0 Å². The maximum atomic E-state index is 12.7. The molecule has 0 aliphatic rings. The monoisotopic (exact) mass is 867 g/mol. The van der Waals surface area contributed by atoms with E-state index in [0.717, 1.165) is 70.6 Å². The molecule has 0 aliphatic carbocycles. The van der Waals surface area contributed by atoms with Crippen molar-refractivity contribution in [1.82, 2.24) is 0 Å². The van der Waals surface area contributed by atoms with Gasteiger partial charge in [-0.1, -0.05) is 255 Å². The Hall–Kier alpha value is -2.89. The summed E-state index contributed by atoms with van der Waals surface area (Å²) < 4.78 is 16.6. The lowest BCUT2D eigenvalue weighted by atomic mass is 10.0. The summed E-state index contributed by atoms with van der Waals surface area (Å²) >= 11 is 0. The molecule has 0 N–H and O–H groups in total. The molecule has 0 heterocycles. The summed E-state index contributed by atoms with van der Waals surface area (Å²) in [6, 6.07) is 0. The number of hydrogen-bond donors (Lipinski definition) is 0. The molecule has 0 spiro atoms. The van der Waals surface area contributed by atoms with Gasteiger partial charge < -0.3 is 14.2 Å². The van der Waals surface area contributed by atoms with E-state index >= 15 is 0 Å². The molecule has 62 heavy (non-hydrogen) atoms. The molecule has 0 saturated heterocycles. The standard InChI is InChI=1S/C56H98O6/c1-4-7-10-13-16-18-20-22-24-25-26-27-28-29-30-31-33-34-36-38-40-43-46-49-55(58)61-52-53(51-60-54(57)48-45-42-15-12-9-6-3)62-56(59)50-47-44-41-39-37-35-32-23-21-19-17-14-11-8-5-2/h8,11,17,19,23,32,37,39,44,47,53H,4-7,9-10,12-16,18,20-22,24-31,33-36,38,40-43,45-46,48-52H2,1-3H3/b11-8-,19-17-,32-23-,39-37-,47-44-. The van der Waals surface area contributed by atoms with Gasteiger partial charge in [0, 0.05) is 12.8 Å². The Bertz CT molecular complexity index is 1130. The van der Waals surface area contributed by atoms with Crippen molar-refractivity contribution in [2.75, 3.05) is 13.2 Å². The van der Waals surface area contributed by atoms with Crippen LogP contribution in [0.15, 0.2) is 60.8 Å². The predicted molar refractivity (Wildman–Crippen MR) is 265 cm³/mol. The van der Waals surface area contributed by atoms with E-state index in [1.807, 2.05) is 6.08 Å². The molecule has 358 valence electrons. The van der Waals surface area contributed by atoms with Gasteiger partial charge in [-0.25, -0.2) is 0 Å². The summed E-state index contributed by atoms with van der Waals surface area (Å²) in [5.74, 6) is -1.05. The van der Waals surface area contributed by atoms with Crippen LogP contribution < -0.4 is 0 Å². The van der Waals surface area contributed by atoms with E-state index in [1.54, 1.807) is 6.08 Å². The zero-order valence-electron chi connectivity index (χ0n) is 40.9. The van der Waals surface area contributed by atoms with E-state index in [9.17, 15) is 14.4 Å². The average molecular weight is 867 g/mol. The highest BCUT2D eigenvalue weighted by Gasteiger charge is 2.19. The molecule has 0 bridgehead atoms. The Balaban J connectivity index is 4.20. The zero-order chi connectivity index (χ0) is 45.1. The van der Waals surface area contributed by atoms with E-state index in [-0.39, 0.29) is 31.6 Å². The van der Waals surface area contributed by atoms with Crippen molar-refractivity contribution in [3.63, 3.8) is 0 Å². The first-order chi connectivity index (χ1) is 30.5. The van der Waals surface area contributed by atoms with Crippen LogP contribution in [0.25, 0.3) is 0 Å². The minimum Gasteiger partial charge on any atom is -0.462 e. The van der Waals surface area contributed by atoms with Crippen LogP contribution in [0.1, 0.15) is 258 Å². The molecule has 1 atom stereocenters. The molecular formula is C56H98O6. The van der Waals surface area contributed by atoms with Gasteiger partial charge in [0.15, 0.2) is 6.10 Å². The van der Waals surface area contributed by atoms with Crippen molar-refractivity contribution in [1.29, 1.82) is 0 Å². The van der Waals surface area contributed by atoms with E-state index in [4.69, 9.17) is 14.2 Å². The van der Waals surface area contributed by atoms with Crippen molar-refractivity contribution >= 4 is 17.9 Å². The van der Waals surface area contributed by atoms with Gasteiger partial charge in [0.1, 0.15) is 13.2 Å². The van der Waals surface area contributed by atoms with Gasteiger partial charge in [-0.3, -0.25) is 14.4 Å². The first kappa shape index (κ1) is 59.1. The fourth-order valence-corrected chi connectivity index (χ4v) is 7.40. The lowest BCUT2D eigenvalue weighted by Gasteiger charge is -2.18. The molecule has 1 unspecified atom stereocenters. The van der Waals surface area contributed by atoms with Crippen molar-refractivity contribution in [3.8, 4) is 0 Å². The van der Waals surface area contributed by atoms with Crippen LogP contribution in [-0.2, 0) is 28.6 Å². The van der Waals surface area contributed by atoms with Gasteiger partial charge in [0.2, 0.25) is 0 Å². The second-order valence-electron chi connectivity index (χ2n) is 17.4. The molecule has 0 radical (unpaired) electrons. The number of unbranched alkanes of at least 4 members (excludes halogenated alkanes) is 27. The first-order valence-electron chi connectivity index (χ1n) is 26.3. The van der Waals surface area contributed by atoms with Crippen molar-refractivity contribution in [3.05, 3.63) is 60.8 Å². The smallest absolute Gasteiger partial charge is 0.310 e. The van der Waals surface area contributed by atoms with Gasteiger partial charge in [-0.05, 0) is 44.9 Å². The second-order valence-corrected chi connectivity index (χ2v) is 17.4. The molecular weight excluding hydrogens is 769 g/mol. The maximum Gasteiger partial charge on any atom is 0.310 e. The fraction of sp³-hybridized carbons (Fsp3) is 0.768. The highest BCUT2D eigenvalue weighted by molar-refractivity contribution is 5.72. The number of carbonyl (C=O) groups excluding carboxylic acids is 3. The molecule has 0 fully saturated rings. The molecule has 0 aliphatic heterocycles. The van der Waals surface area contributed by atoms with E-state index in [1.165, 1.54) is 148 Å². The number of hydrogen-bond acceptors (Lipinski definition) is 6. The Morgan fingerprint density at radius 3 is 0.919 bits per heavy atom. The number of ether oxygens (including phenoxy) is 3. The van der Waals surface area contributed by atoms with E-state index in [0.29, 0.717) is 12.8 Å². The normalized spacial score (nSPS) is 12.5. The van der Waals surface area contributed by atoms with Crippen molar-refractivity contribution in [2.45, 2.75) is 264 Å². The van der Waals surface area contributed by atoms with Gasteiger partial charge in [-0.15, -0.1) is 0 Å². The van der Waals surface area contributed by atoms with Crippen LogP contribution in [0.4, 0.5) is 0 Å². The average Bonchev–Trinajstić information content (AvgIpc) is 3.27. The molecule has 0 amide bonds. The topological polar surface area (TPSA) is 78.9 Å². The number of esters is 3. The number of rotatable bonds is 47. The first-order valence-corrected chi connectivity index (χ1v) is 26.3. The number of carbonyl (C=O) groups is 3.